The van der Waals surface area contributed by atoms with Crippen molar-refractivity contribution in [2.24, 2.45) is 0 Å². The summed E-state index contributed by atoms with van der Waals surface area (Å²) in [5.41, 5.74) is 1.93. The van der Waals surface area contributed by atoms with Crippen LogP contribution in [0.4, 0.5) is 5.13 Å². The zero-order valence-corrected chi connectivity index (χ0v) is 14.2. The van der Waals surface area contributed by atoms with Crippen LogP contribution in [0.5, 0.6) is 0 Å². The molecule has 0 bridgehead atoms. The molecule has 1 amide bonds. The van der Waals surface area contributed by atoms with Crippen molar-refractivity contribution in [1.82, 2.24) is 10.3 Å². The maximum atomic E-state index is 12.2. The van der Waals surface area contributed by atoms with Crippen molar-refractivity contribution in [2.75, 3.05) is 11.9 Å². The number of benzene rings is 1. The molecule has 122 valence electrons. The highest BCUT2D eigenvalue weighted by molar-refractivity contribution is 7.15. The van der Waals surface area contributed by atoms with E-state index in [2.05, 4.69) is 15.6 Å². The lowest BCUT2D eigenvalue weighted by Gasteiger charge is -2.08. The molecule has 3 N–H and O–H groups in total. The van der Waals surface area contributed by atoms with Gasteiger partial charge >= 0.3 is 0 Å². The van der Waals surface area contributed by atoms with E-state index in [0.29, 0.717) is 24.5 Å². The van der Waals surface area contributed by atoms with Crippen LogP contribution in [-0.2, 0) is 11.2 Å². The number of thiazole rings is 1. The molecule has 0 saturated carbocycles. The molecule has 1 aromatic heterocycles. The fourth-order valence-corrected chi connectivity index (χ4v) is 3.76. The maximum absolute atomic E-state index is 12.2. The van der Waals surface area contributed by atoms with Gasteiger partial charge in [-0.05, 0) is 25.0 Å². The highest BCUT2D eigenvalue weighted by Gasteiger charge is 2.28. The first-order chi connectivity index (χ1) is 11.0. The number of nitrogens with zero attached hydrogens (tertiary/aromatic N) is 1. The van der Waals surface area contributed by atoms with Gasteiger partial charge < -0.3 is 15.7 Å². The van der Waals surface area contributed by atoms with Crippen LogP contribution in [0.2, 0.25) is 5.02 Å². The number of amides is 1. The molecule has 1 saturated heterocycles. The molecule has 2 atom stereocenters. The Morgan fingerprint density at radius 3 is 3.00 bits per heavy atom. The molecule has 1 aliphatic rings. The number of hydrogen-bond acceptors (Lipinski definition) is 5. The summed E-state index contributed by atoms with van der Waals surface area (Å²) in [6.07, 6.45) is 0.668. The Bertz CT molecular complexity index is 719. The van der Waals surface area contributed by atoms with Gasteiger partial charge in [-0.25, -0.2) is 4.98 Å². The summed E-state index contributed by atoms with van der Waals surface area (Å²) >= 11 is 7.66. The maximum Gasteiger partial charge on any atom is 0.243 e. The molecular formula is C16H18ClN3O2S. The third-order valence-corrected chi connectivity index (χ3v) is 5.30. The number of halogens is 1. The van der Waals surface area contributed by atoms with Crippen LogP contribution in [0, 0.1) is 6.92 Å². The van der Waals surface area contributed by atoms with Crippen LogP contribution in [-0.4, -0.2) is 34.7 Å². The number of β-amino-alcohol motifs (C(OH)–C–C–N with tert-alkyl or cyclic N) is 1. The molecule has 2 aromatic rings. The summed E-state index contributed by atoms with van der Waals surface area (Å²) in [7, 11) is 0. The van der Waals surface area contributed by atoms with Gasteiger partial charge in [0, 0.05) is 22.9 Å². The van der Waals surface area contributed by atoms with Gasteiger partial charge in [-0.15, -0.1) is 11.3 Å². The number of carbonyl (C=O) groups is 1. The molecular weight excluding hydrogens is 334 g/mol. The molecule has 0 unspecified atom stereocenters. The molecule has 5 nitrogen and oxygen atoms in total. The molecule has 1 aromatic carbocycles. The van der Waals surface area contributed by atoms with E-state index in [1.807, 2.05) is 31.2 Å². The number of hydrogen-bond donors (Lipinski definition) is 3. The van der Waals surface area contributed by atoms with Crippen LogP contribution in [0.15, 0.2) is 24.3 Å². The van der Waals surface area contributed by atoms with Gasteiger partial charge in [0.15, 0.2) is 5.13 Å². The average Bonchev–Trinajstić information content (AvgIpc) is 3.08. The SMILES string of the molecule is Cc1nc(NC(=O)[C@H]2C[C@H](O)CN2)sc1Cc1ccccc1Cl. The third-order valence-electron chi connectivity index (χ3n) is 3.86. The van der Waals surface area contributed by atoms with E-state index in [9.17, 15) is 9.90 Å². The van der Waals surface area contributed by atoms with Crippen LogP contribution in [0.3, 0.4) is 0 Å². The third kappa shape index (κ3) is 3.90. The predicted octanol–water partition coefficient (Wildman–Crippen LogP) is 2.36. The van der Waals surface area contributed by atoms with E-state index in [0.717, 1.165) is 21.2 Å². The number of carbonyl (C=O) groups excluding carboxylic acids is 1. The quantitative estimate of drug-likeness (QED) is 0.790. The van der Waals surface area contributed by atoms with E-state index >= 15 is 0 Å². The number of aliphatic hydroxyl groups excluding tert-OH is 1. The lowest BCUT2D eigenvalue weighted by atomic mass is 10.1. The first kappa shape index (κ1) is 16.4. The summed E-state index contributed by atoms with van der Waals surface area (Å²) in [5, 5.41) is 16.6. The van der Waals surface area contributed by atoms with E-state index in [1.54, 1.807) is 0 Å². The number of nitrogens with one attached hydrogen (secondary N) is 2. The van der Waals surface area contributed by atoms with Crippen LogP contribution in [0.1, 0.15) is 22.6 Å². The van der Waals surface area contributed by atoms with Gasteiger partial charge in [0.2, 0.25) is 5.91 Å². The number of anilines is 1. The summed E-state index contributed by atoms with van der Waals surface area (Å²) in [4.78, 5) is 17.7. The fraction of sp³-hybridized carbons (Fsp3) is 0.375. The fourth-order valence-electron chi connectivity index (χ4n) is 2.57. The summed E-state index contributed by atoms with van der Waals surface area (Å²) in [6, 6.07) is 7.36. The molecule has 3 rings (SSSR count). The zero-order chi connectivity index (χ0) is 16.4. The van der Waals surface area contributed by atoms with Crippen molar-refractivity contribution in [2.45, 2.75) is 31.9 Å². The van der Waals surface area contributed by atoms with Gasteiger partial charge in [0.25, 0.3) is 0 Å². The van der Waals surface area contributed by atoms with E-state index in [4.69, 9.17) is 11.6 Å². The highest BCUT2D eigenvalue weighted by Crippen LogP contribution is 2.28. The average molecular weight is 352 g/mol. The summed E-state index contributed by atoms with van der Waals surface area (Å²) in [5.74, 6) is -0.153. The van der Waals surface area contributed by atoms with Crippen molar-refractivity contribution in [3.05, 3.63) is 45.4 Å². The number of rotatable bonds is 4. The summed E-state index contributed by atoms with van der Waals surface area (Å²) in [6.45, 7) is 2.38. The van der Waals surface area contributed by atoms with Gasteiger partial charge in [0.1, 0.15) is 0 Å². The number of aryl methyl sites for hydroxylation is 1. The lowest BCUT2D eigenvalue weighted by molar-refractivity contribution is -0.117. The first-order valence-electron chi connectivity index (χ1n) is 7.45. The number of aliphatic hydroxyl groups is 1. The van der Waals surface area contributed by atoms with Gasteiger partial charge in [0.05, 0.1) is 17.8 Å². The monoisotopic (exact) mass is 351 g/mol. The Hall–Kier alpha value is -1.47. The molecule has 1 aliphatic heterocycles. The zero-order valence-electron chi connectivity index (χ0n) is 12.7. The van der Waals surface area contributed by atoms with Crippen molar-refractivity contribution in [3.63, 3.8) is 0 Å². The molecule has 0 spiro atoms. The van der Waals surface area contributed by atoms with Crippen molar-refractivity contribution in [3.8, 4) is 0 Å². The van der Waals surface area contributed by atoms with Gasteiger partial charge in [-0.3, -0.25) is 4.79 Å². The molecule has 0 aliphatic carbocycles. The molecule has 1 fully saturated rings. The van der Waals surface area contributed by atoms with Gasteiger partial charge in [-0.2, -0.15) is 0 Å². The van der Waals surface area contributed by atoms with E-state index < -0.39 is 6.10 Å². The Balaban J connectivity index is 1.69. The lowest BCUT2D eigenvalue weighted by Crippen LogP contribution is -2.35. The predicted molar refractivity (Wildman–Crippen MR) is 92.2 cm³/mol. The molecule has 23 heavy (non-hydrogen) atoms. The molecule has 0 radical (unpaired) electrons. The van der Waals surface area contributed by atoms with Crippen molar-refractivity contribution in [1.29, 1.82) is 0 Å². The number of aromatic nitrogens is 1. The smallest absolute Gasteiger partial charge is 0.243 e. The summed E-state index contributed by atoms with van der Waals surface area (Å²) < 4.78 is 0. The first-order valence-corrected chi connectivity index (χ1v) is 8.64. The van der Waals surface area contributed by atoms with E-state index in [-0.39, 0.29) is 11.9 Å². The topological polar surface area (TPSA) is 74.2 Å². The Morgan fingerprint density at radius 1 is 1.52 bits per heavy atom. The normalized spacial score (nSPS) is 20.7. The van der Waals surface area contributed by atoms with E-state index in [1.165, 1.54) is 11.3 Å². The minimum Gasteiger partial charge on any atom is -0.392 e. The molecule has 7 heteroatoms. The van der Waals surface area contributed by atoms with Crippen LogP contribution >= 0.6 is 22.9 Å². The second-order valence-electron chi connectivity index (χ2n) is 5.64. The highest BCUT2D eigenvalue weighted by atomic mass is 35.5. The largest absolute Gasteiger partial charge is 0.392 e. The Morgan fingerprint density at radius 2 is 2.30 bits per heavy atom. The minimum atomic E-state index is -0.459. The van der Waals surface area contributed by atoms with Crippen molar-refractivity contribution >= 4 is 34.0 Å². The van der Waals surface area contributed by atoms with Crippen LogP contribution < -0.4 is 10.6 Å². The van der Waals surface area contributed by atoms with Crippen LogP contribution in [0.25, 0.3) is 0 Å². The van der Waals surface area contributed by atoms with Gasteiger partial charge in [-0.1, -0.05) is 29.8 Å². The second kappa shape index (κ2) is 6.97. The molecule has 2 heterocycles. The van der Waals surface area contributed by atoms with Crippen molar-refractivity contribution < 1.29 is 9.90 Å². The second-order valence-corrected chi connectivity index (χ2v) is 7.13. The Kier molecular flexibility index (Phi) is 4.96. The minimum absolute atomic E-state index is 0.153. The standard InChI is InChI=1S/C16H18ClN3O2S/c1-9-14(6-10-4-2-3-5-12(10)17)23-16(19-9)20-15(22)13-7-11(21)8-18-13/h2-5,11,13,18,21H,6-8H2,1H3,(H,19,20,22)/t11-,13+/m0/s1. The Labute approximate surface area is 143 Å².